The zero-order valence-corrected chi connectivity index (χ0v) is 9.74. The zero-order valence-electron chi connectivity index (χ0n) is 9.74. The van der Waals surface area contributed by atoms with Crippen molar-refractivity contribution in [2.45, 2.75) is 12.8 Å². The summed E-state index contributed by atoms with van der Waals surface area (Å²) in [5.41, 5.74) is 1.22. The maximum Gasteiger partial charge on any atom is 0.161 e. The van der Waals surface area contributed by atoms with E-state index in [-0.39, 0.29) is 0 Å². The van der Waals surface area contributed by atoms with E-state index >= 15 is 0 Å². The predicted molar refractivity (Wildman–Crippen MR) is 64.2 cm³/mol. The molecule has 1 heterocycles. The molecule has 0 radical (unpaired) electrons. The summed E-state index contributed by atoms with van der Waals surface area (Å²) in [5, 5.41) is 11.6. The van der Waals surface area contributed by atoms with Crippen LogP contribution < -0.4 is 14.8 Å². The molecule has 0 atom stereocenters. The van der Waals surface area contributed by atoms with Gasteiger partial charge in [0.2, 0.25) is 0 Å². The molecule has 1 aliphatic heterocycles. The highest BCUT2D eigenvalue weighted by Crippen LogP contribution is 2.30. The van der Waals surface area contributed by atoms with Gasteiger partial charge < -0.3 is 14.8 Å². The molecule has 90 valence electrons. The third-order valence-corrected chi connectivity index (χ3v) is 2.61. The van der Waals surface area contributed by atoms with Crippen molar-refractivity contribution in [2.75, 3.05) is 26.3 Å². The van der Waals surface area contributed by atoms with E-state index in [0.717, 1.165) is 31.0 Å². The van der Waals surface area contributed by atoms with Crippen LogP contribution in [0.3, 0.4) is 0 Å². The van der Waals surface area contributed by atoms with Gasteiger partial charge in [0.15, 0.2) is 11.5 Å². The molecule has 0 fully saturated rings. The summed E-state index contributed by atoms with van der Waals surface area (Å²) >= 11 is 0. The molecule has 0 aromatic heterocycles. The first-order chi connectivity index (χ1) is 8.40. The summed E-state index contributed by atoms with van der Waals surface area (Å²) in [6.07, 6.45) is 1.49. The van der Waals surface area contributed by atoms with Gasteiger partial charge in [-0.15, -0.1) is 0 Å². The predicted octanol–water partition coefficient (Wildman–Crippen LogP) is 1.50. The lowest BCUT2D eigenvalue weighted by Gasteiger charge is -2.18. The Hall–Kier alpha value is -1.73. The second kappa shape index (κ2) is 6.12. The maximum atomic E-state index is 8.39. The highest BCUT2D eigenvalue weighted by molar-refractivity contribution is 5.43. The first-order valence-electron chi connectivity index (χ1n) is 5.86. The molecule has 4 nitrogen and oxygen atoms in total. The fourth-order valence-corrected chi connectivity index (χ4v) is 1.75. The van der Waals surface area contributed by atoms with E-state index in [0.29, 0.717) is 19.6 Å². The van der Waals surface area contributed by atoms with Gasteiger partial charge >= 0.3 is 0 Å². The number of hydrogen-bond donors (Lipinski definition) is 1. The molecule has 0 bridgehead atoms. The van der Waals surface area contributed by atoms with Crippen molar-refractivity contribution in [2.24, 2.45) is 0 Å². The number of rotatable bonds is 5. The van der Waals surface area contributed by atoms with Crippen molar-refractivity contribution in [3.8, 4) is 17.6 Å². The van der Waals surface area contributed by atoms with Gasteiger partial charge in [-0.1, -0.05) is 6.07 Å². The molecule has 4 heteroatoms. The van der Waals surface area contributed by atoms with Crippen LogP contribution in [0.2, 0.25) is 0 Å². The number of nitrogens with one attached hydrogen (secondary N) is 1. The minimum absolute atomic E-state index is 0.557. The monoisotopic (exact) mass is 232 g/mol. The van der Waals surface area contributed by atoms with Crippen LogP contribution >= 0.6 is 0 Å². The van der Waals surface area contributed by atoms with Crippen LogP contribution in [0.15, 0.2) is 18.2 Å². The average Bonchev–Trinajstić information content (AvgIpc) is 2.38. The molecule has 0 amide bonds. The van der Waals surface area contributed by atoms with Crippen molar-refractivity contribution in [3.63, 3.8) is 0 Å². The van der Waals surface area contributed by atoms with E-state index in [1.54, 1.807) is 0 Å². The Balaban J connectivity index is 1.83. The molecule has 1 N–H and O–H groups in total. The van der Waals surface area contributed by atoms with E-state index in [1.807, 2.05) is 12.1 Å². The Labute approximate surface area is 101 Å². The maximum absolute atomic E-state index is 8.39. The Morgan fingerprint density at radius 2 is 2.00 bits per heavy atom. The van der Waals surface area contributed by atoms with Gasteiger partial charge in [-0.25, -0.2) is 0 Å². The van der Waals surface area contributed by atoms with Crippen molar-refractivity contribution in [1.29, 1.82) is 5.26 Å². The normalized spacial score (nSPS) is 13.1. The van der Waals surface area contributed by atoms with Gasteiger partial charge in [0.1, 0.15) is 13.2 Å². The molecule has 0 unspecified atom stereocenters. The van der Waals surface area contributed by atoms with E-state index in [9.17, 15) is 0 Å². The Kier molecular flexibility index (Phi) is 4.23. The van der Waals surface area contributed by atoms with Gasteiger partial charge in [-0.2, -0.15) is 5.26 Å². The van der Waals surface area contributed by atoms with E-state index in [2.05, 4.69) is 17.5 Å². The molecular formula is C13H16N2O2. The van der Waals surface area contributed by atoms with E-state index in [4.69, 9.17) is 14.7 Å². The number of benzene rings is 1. The minimum atomic E-state index is 0.557. The van der Waals surface area contributed by atoms with Gasteiger partial charge in [0.05, 0.1) is 6.07 Å². The first-order valence-corrected chi connectivity index (χ1v) is 5.86. The van der Waals surface area contributed by atoms with Crippen molar-refractivity contribution < 1.29 is 9.47 Å². The fraction of sp³-hybridized carbons (Fsp3) is 0.462. The van der Waals surface area contributed by atoms with Gasteiger partial charge in [-0.05, 0) is 30.7 Å². The molecule has 0 saturated heterocycles. The summed E-state index contributed by atoms with van der Waals surface area (Å²) in [6, 6.07) is 8.15. The summed E-state index contributed by atoms with van der Waals surface area (Å²) in [7, 11) is 0. The topological polar surface area (TPSA) is 54.3 Å². The number of hydrogen-bond acceptors (Lipinski definition) is 4. The second-order valence-electron chi connectivity index (χ2n) is 3.89. The largest absolute Gasteiger partial charge is 0.486 e. The zero-order chi connectivity index (χ0) is 11.9. The molecule has 1 aromatic carbocycles. The van der Waals surface area contributed by atoms with Crippen LogP contribution in [-0.4, -0.2) is 26.3 Å². The van der Waals surface area contributed by atoms with Crippen LogP contribution in [0.4, 0.5) is 0 Å². The molecule has 2 rings (SSSR count). The van der Waals surface area contributed by atoms with Gasteiger partial charge in [0.25, 0.3) is 0 Å². The summed E-state index contributed by atoms with van der Waals surface area (Å²) in [6.45, 7) is 2.88. The quantitative estimate of drug-likeness (QED) is 0.782. The smallest absolute Gasteiger partial charge is 0.161 e. The average molecular weight is 232 g/mol. The molecule has 0 saturated carbocycles. The van der Waals surface area contributed by atoms with Gasteiger partial charge in [0, 0.05) is 13.0 Å². The number of fused-ring (bicyclic) bond motifs is 1. The Bertz CT molecular complexity index is 412. The molecule has 0 spiro atoms. The standard InChI is InChI=1S/C13H16N2O2/c14-5-1-6-15-7-4-11-2-3-12-13(10-11)17-9-8-16-12/h2-3,10,15H,1,4,6-9H2. The third kappa shape index (κ3) is 3.36. The van der Waals surface area contributed by atoms with Crippen molar-refractivity contribution in [1.82, 2.24) is 5.32 Å². The molecule has 0 aliphatic carbocycles. The second-order valence-corrected chi connectivity index (χ2v) is 3.89. The highest BCUT2D eigenvalue weighted by Gasteiger charge is 2.11. The first kappa shape index (κ1) is 11.7. The van der Waals surface area contributed by atoms with Crippen molar-refractivity contribution >= 4 is 0 Å². The van der Waals surface area contributed by atoms with Crippen LogP contribution in [0.1, 0.15) is 12.0 Å². The molecule has 17 heavy (non-hydrogen) atoms. The fourth-order valence-electron chi connectivity index (χ4n) is 1.75. The van der Waals surface area contributed by atoms with Crippen molar-refractivity contribution in [3.05, 3.63) is 23.8 Å². The minimum Gasteiger partial charge on any atom is -0.486 e. The lowest BCUT2D eigenvalue weighted by atomic mass is 10.1. The molecule has 1 aliphatic rings. The lowest BCUT2D eigenvalue weighted by Crippen LogP contribution is -2.18. The van der Waals surface area contributed by atoms with Gasteiger partial charge in [-0.3, -0.25) is 0 Å². The summed E-state index contributed by atoms with van der Waals surface area (Å²) in [4.78, 5) is 0. The third-order valence-electron chi connectivity index (χ3n) is 2.61. The van der Waals surface area contributed by atoms with Crippen LogP contribution in [-0.2, 0) is 6.42 Å². The highest BCUT2D eigenvalue weighted by atomic mass is 16.6. The summed E-state index contributed by atoms with van der Waals surface area (Å²) < 4.78 is 11.0. The number of ether oxygens (including phenoxy) is 2. The van der Waals surface area contributed by atoms with Crippen LogP contribution in [0, 0.1) is 11.3 Å². The van der Waals surface area contributed by atoms with Crippen LogP contribution in [0.25, 0.3) is 0 Å². The molecular weight excluding hydrogens is 216 g/mol. The number of nitriles is 1. The Morgan fingerprint density at radius 1 is 1.18 bits per heavy atom. The molecule has 1 aromatic rings. The summed E-state index contributed by atoms with van der Waals surface area (Å²) in [5.74, 6) is 1.67. The van der Waals surface area contributed by atoms with Crippen LogP contribution in [0.5, 0.6) is 11.5 Å². The Morgan fingerprint density at radius 3 is 2.82 bits per heavy atom. The van der Waals surface area contributed by atoms with E-state index in [1.165, 1.54) is 5.56 Å². The van der Waals surface area contributed by atoms with E-state index < -0.39 is 0 Å². The lowest BCUT2D eigenvalue weighted by molar-refractivity contribution is 0.171. The SMILES string of the molecule is N#CCCNCCc1ccc2c(c1)OCCO2. The number of nitrogens with zero attached hydrogens (tertiary/aromatic N) is 1.